The van der Waals surface area contributed by atoms with Crippen LogP contribution in [0.1, 0.15) is 31.0 Å². The predicted molar refractivity (Wildman–Crippen MR) is 84.5 cm³/mol. The first-order valence-corrected chi connectivity index (χ1v) is 8.85. The second kappa shape index (κ2) is 8.36. The van der Waals surface area contributed by atoms with E-state index in [0.717, 1.165) is 16.9 Å². The summed E-state index contributed by atoms with van der Waals surface area (Å²) in [5.41, 5.74) is 2.06. The Hall–Kier alpha value is -1.11. The van der Waals surface area contributed by atoms with Crippen LogP contribution in [0.5, 0.6) is 5.75 Å². The molecule has 0 bridgehead atoms. The van der Waals surface area contributed by atoms with Crippen molar-refractivity contribution in [1.29, 1.82) is 0 Å². The minimum atomic E-state index is -2.93. The summed E-state index contributed by atoms with van der Waals surface area (Å²) in [5, 5.41) is 3.24. The van der Waals surface area contributed by atoms with Crippen LogP contribution >= 0.6 is 0 Å². The lowest BCUT2D eigenvalue weighted by atomic mass is 10.0. The molecule has 1 atom stereocenters. The van der Waals surface area contributed by atoms with Crippen LogP contribution in [0.4, 0.5) is 0 Å². The van der Waals surface area contributed by atoms with E-state index in [-0.39, 0.29) is 17.5 Å². The molecule has 0 radical (unpaired) electrons. The molecular formula is C15H25NO4S. The second-order valence-electron chi connectivity index (χ2n) is 4.92. The number of ether oxygens (including phenoxy) is 2. The number of hydrogen-bond donors (Lipinski definition) is 1. The monoisotopic (exact) mass is 315 g/mol. The molecule has 120 valence electrons. The Kier molecular flexibility index (Phi) is 7.14. The quantitative estimate of drug-likeness (QED) is 0.754. The summed E-state index contributed by atoms with van der Waals surface area (Å²) in [4.78, 5) is 0. The fraction of sp³-hybridized carbons (Fsp3) is 0.600. The largest absolute Gasteiger partial charge is 0.496 e. The Morgan fingerprint density at radius 2 is 2.00 bits per heavy atom. The maximum Gasteiger partial charge on any atom is 0.151 e. The molecule has 0 saturated carbocycles. The fourth-order valence-electron chi connectivity index (χ4n) is 2.03. The van der Waals surface area contributed by atoms with Crippen molar-refractivity contribution in [3.63, 3.8) is 0 Å². The highest BCUT2D eigenvalue weighted by atomic mass is 32.2. The first kappa shape index (κ1) is 17.9. The van der Waals surface area contributed by atoms with E-state index in [0.29, 0.717) is 13.2 Å². The van der Waals surface area contributed by atoms with Crippen molar-refractivity contribution in [3.8, 4) is 5.75 Å². The van der Waals surface area contributed by atoms with E-state index in [1.54, 1.807) is 21.1 Å². The molecule has 0 amide bonds. The molecule has 1 unspecified atom stereocenters. The van der Waals surface area contributed by atoms with Gasteiger partial charge in [-0.2, -0.15) is 0 Å². The first-order chi connectivity index (χ1) is 9.93. The molecule has 1 N–H and O–H groups in total. The normalized spacial score (nSPS) is 13.1. The van der Waals surface area contributed by atoms with E-state index in [9.17, 15) is 8.42 Å². The van der Waals surface area contributed by atoms with E-state index in [1.807, 2.05) is 25.1 Å². The molecule has 5 nitrogen and oxygen atoms in total. The maximum atomic E-state index is 11.5. The van der Waals surface area contributed by atoms with Gasteiger partial charge in [0.1, 0.15) is 5.75 Å². The summed E-state index contributed by atoms with van der Waals surface area (Å²) in [6, 6.07) is 5.97. The number of sulfone groups is 1. The Labute approximate surface area is 127 Å². The lowest BCUT2D eigenvalue weighted by molar-refractivity contribution is 0.181. The Morgan fingerprint density at radius 1 is 1.29 bits per heavy atom. The van der Waals surface area contributed by atoms with Crippen LogP contribution in [0.15, 0.2) is 18.2 Å². The third-order valence-corrected chi connectivity index (χ3v) is 5.11. The summed E-state index contributed by atoms with van der Waals surface area (Å²) < 4.78 is 33.4. The second-order valence-corrected chi connectivity index (χ2v) is 7.39. The minimum Gasteiger partial charge on any atom is -0.496 e. The van der Waals surface area contributed by atoms with Gasteiger partial charge in [0, 0.05) is 31.0 Å². The van der Waals surface area contributed by atoms with Gasteiger partial charge in [-0.25, -0.2) is 8.42 Å². The Bertz CT molecular complexity index is 543. The van der Waals surface area contributed by atoms with Crippen molar-refractivity contribution in [2.75, 3.05) is 32.3 Å². The average Bonchev–Trinajstić information content (AvgIpc) is 2.47. The number of hydrogen-bond acceptors (Lipinski definition) is 5. The highest BCUT2D eigenvalue weighted by Crippen LogP contribution is 2.23. The van der Waals surface area contributed by atoms with E-state index in [4.69, 9.17) is 9.47 Å². The van der Waals surface area contributed by atoms with Crippen LogP contribution in [0.2, 0.25) is 0 Å². The molecule has 0 fully saturated rings. The SMILES string of the molecule is CCS(=O)(=O)CCNC(C)c1ccc(OC)c(COC)c1. The van der Waals surface area contributed by atoms with Gasteiger partial charge in [0.05, 0.1) is 19.5 Å². The van der Waals surface area contributed by atoms with Crippen LogP contribution in [-0.2, 0) is 21.2 Å². The van der Waals surface area contributed by atoms with Gasteiger partial charge in [-0.15, -0.1) is 0 Å². The molecule has 21 heavy (non-hydrogen) atoms. The van der Waals surface area contributed by atoms with Crippen molar-refractivity contribution >= 4 is 9.84 Å². The van der Waals surface area contributed by atoms with Crippen molar-refractivity contribution in [2.45, 2.75) is 26.5 Å². The smallest absolute Gasteiger partial charge is 0.151 e. The topological polar surface area (TPSA) is 64.6 Å². The van der Waals surface area contributed by atoms with E-state index in [1.165, 1.54) is 0 Å². The molecule has 0 heterocycles. The van der Waals surface area contributed by atoms with Crippen molar-refractivity contribution < 1.29 is 17.9 Å². The zero-order valence-electron chi connectivity index (χ0n) is 13.2. The lowest BCUT2D eigenvalue weighted by Gasteiger charge is -2.17. The number of benzene rings is 1. The highest BCUT2D eigenvalue weighted by Gasteiger charge is 2.11. The van der Waals surface area contributed by atoms with Crippen LogP contribution in [-0.4, -0.2) is 40.7 Å². The molecule has 0 aliphatic rings. The molecule has 1 aromatic rings. The molecule has 0 saturated heterocycles. The zero-order valence-corrected chi connectivity index (χ0v) is 14.0. The molecular weight excluding hydrogens is 290 g/mol. The van der Waals surface area contributed by atoms with Crippen LogP contribution < -0.4 is 10.1 Å². The molecule has 0 spiro atoms. The van der Waals surface area contributed by atoms with Gasteiger partial charge in [0.2, 0.25) is 0 Å². The lowest BCUT2D eigenvalue weighted by Crippen LogP contribution is -2.26. The molecule has 0 aliphatic carbocycles. The minimum absolute atomic E-state index is 0.0681. The third kappa shape index (κ3) is 5.65. The zero-order chi connectivity index (χ0) is 15.9. The van der Waals surface area contributed by atoms with Gasteiger partial charge in [-0.3, -0.25) is 0 Å². The predicted octanol–water partition coefficient (Wildman–Crippen LogP) is 1.93. The van der Waals surface area contributed by atoms with Gasteiger partial charge in [-0.1, -0.05) is 13.0 Å². The summed E-state index contributed by atoms with van der Waals surface area (Å²) in [7, 11) is 0.345. The maximum absolute atomic E-state index is 11.5. The van der Waals surface area contributed by atoms with Crippen molar-refractivity contribution in [2.24, 2.45) is 0 Å². The van der Waals surface area contributed by atoms with E-state index < -0.39 is 9.84 Å². The van der Waals surface area contributed by atoms with E-state index >= 15 is 0 Å². The van der Waals surface area contributed by atoms with Gasteiger partial charge in [0.15, 0.2) is 9.84 Å². The number of rotatable bonds is 9. The number of nitrogens with one attached hydrogen (secondary N) is 1. The molecule has 1 aromatic carbocycles. The summed E-state index contributed by atoms with van der Waals surface area (Å²) in [6.07, 6.45) is 0. The van der Waals surface area contributed by atoms with Gasteiger partial charge < -0.3 is 14.8 Å². The highest BCUT2D eigenvalue weighted by molar-refractivity contribution is 7.91. The van der Waals surface area contributed by atoms with Gasteiger partial charge in [-0.05, 0) is 24.6 Å². The van der Waals surface area contributed by atoms with Crippen LogP contribution in [0.3, 0.4) is 0 Å². The van der Waals surface area contributed by atoms with Crippen LogP contribution in [0, 0.1) is 0 Å². The van der Waals surface area contributed by atoms with Crippen LogP contribution in [0.25, 0.3) is 0 Å². The first-order valence-electron chi connectivity index (χ1n) is 7.03. The van der Waals surface area contributed by atoms with Crippen molar-refractivity contribution in [1.82, 2.24) is 5.32 Å². The summed E-state index contributed by atoms with van der Waals surface area (Å²) in [6.45, 7) is 4.60. The third-order valence-electron chi connectivity index (χ3n) is 3.41. The molecule has 1 rings (SSSR count). The fourth-order valence-corrected chi connectivity index (χ4v) is 2.75. The molecule has 0 aliphatic heterocycles. The van der Waals surface area contributed by atoms with E-state index in [2.05, 4.69) is 5.32 Å². The van der Waals surface area contributed by atoms with Crippen molar-refractivity contribution in [3.05, 3.63) is 29.3 Å². The Balaban J connectivity index is 2.69. The summed E-state index contributed by atoms with van der Waals surface area (Å²) >= 11 is 0. The summed E-state index contributed by atoms with van der Waals surface area (Å²) in [5.74, 6) is 1.14. The Morgan fingerprint density at radius 3 is 2.57 bits per heavy atom. The standard InChI is InChI=1S/C15H25NO4S/c1-5-21(17,18)9-8-16-12(2)13-6-7-15(20-4)14(10-13)11-19-3/h6-7,10,12,16H,5,8-9,11H2,1-4H3. The van der Waals surface area contributed by atoms with Gasteiger partial charge in [0.25, 0.3) is 0 Å². The molecule has 6 heteroatoms. The molecule has 0 aromatic heterocycles. The number of methoxy groups -OCH3 is 2. The van der Waals surface area contributed by atoms with Gasteiger partial charge >= 0.3 is 0 Å². The average molecular weight is 315 g/mol.